The van der Waals surface area contributed by atoms with Gasteiger partial charge in [-0.3, -0.25) is 10.1 Å². The molecule has 5 heteroatoms. The van der Waals surface area contributed by atoms with Crippen molar-refractivity contribution in [2.45, 2.75) is 0 Å². The number of amides is 1. The van der Waals surface area contributed by atoms with Gasteiger partial charge in [-0.05, 0) is 12.1 Å². The van der Waals surface area contributed by atoms with Crippen LogP contribution >= 0.6 is 0 Å². The summed E-state index contributed by atoms with van der Waals surface area (Å²) in [6, 6.07) is 3.64. The molecule has 90 valence electrons. The first-order valence-electron chi connectivity index (χ1n) is 5.21. The lowest BCUT2D eigenvalue weighted by Gasteiger charge is -2.11. The van der Waals surface area contributed by atoms with Crippen LogP contribution in [0.4, 0.5) is 11.5 Å². The van der Waals surface area contributed by atoms with Gasteiger partial charge < -0.3 is 10.2 Å². The Morgan fingerprint density at radius 3 is 2.82 bits per heavy atom. The van der Waals surface area contributed by atoms with Crippen molar-refractivity contribution >= 4 is 17.4 Å². The maximum absolute atomic E-state index is 11.4. The van der Waals surface area contributed by atoms with E-state index >= 15 is 0 Å². The predicted molar refractivity (Wildman–Crippen MR) is 68.9 cm³/mol. The molecule has 17 heavy (non-hydrogen) atoms. The fraction of sp³-hybridized carbons (Fsp3) is 0.333. The molecule has 0 fully saturated rings. The predicted octanol–water partition coefficient (Wildman–Crippen LogP) is 0.309. The molecule has 0 unspecified atom stereocenters. The molecule has 0 bridgehead atoms. The van der Waals surface area contributed by atoms with Gasteiger partial charge in [0.05, 0.1) is 25.0 Å². The van der Waals surface area contributed by atoms with Crippen molar-refractivity contribution in [2.24, 2.45) is 0 Å². The molecule has 0 radical (unpaired) electrons. The van der Waals surface area contributed by atoms with E-state index in [1.54, 1.807) is 12.3 Å². The van der Waals surface area contributed by atoms with Gasteiger partial charge in [0.1, 0.15) is 5.82 Å². The van der Waals surface area contributed by atoms with Crippen LogP contribution in [-0.4, -0.2) is 38.1 Å². The van der Waals surface area contributed by atoms with Crippen LogP contribution in [0, 0.1) is 12.3 Å². The third-order valence-electron chi connectivity index (χ3n) is 2.00. The molecule has 1 rings (SSSR count). The van der Waals surface area contributed by atoms with Crippen LogP contribution in [0.2, 0.25) is 0 Å². The smallest absolute Gasteiger partial charge is 0.238 e. The maximum atomic E-state index is 11.4. The molecular formula is C12H16N4O. The maximum Gasteiger partial charge on any atom is 0.238 e. The molecule has 0 atom stereocenters. The Morgan fingerprint density at radius 2 is 2.29 bits per heavy atom. The van der Waals surface area contributed by atoms with E-state index in [1.165, 1.54) is 0 Å². The van der Waals surface area contributed by atoms with Crippen molar-refractivity contribution in [1.82, 2.24) is 10.3 Å². The fourth-order valence-corrected chi connectivity index (χ4v) is 1.18. The summed E-state index contributed by atoms with van der Waals surface area (Å²) in [6.07, 6.45) is 6.67. The van der Waals surface area contributed by atoms with Crippen LogP contribution in [0.15, 0.2) is 18.3 Å². The highest BCUT2D eigenvalue weighted by molar-refractivity contribution is 5.92. The van der Waals surface area contributed by atoms with Crippen molar-refractivity contribution < 1.29 is 4.79 Å². The van der Waals surface area contributed by atoms with E-state index in [1.807, 2.05) is 25.1 Å². The number of nitrogens with one attached hydrogen (secondary N) is 2. The van der Waals surface area contributed by atoms with Crippen LogP contribution in [0.1, 0.15) is 0 Å². The summed E-state index contributed by atoms with van der Waals surface area (Å²) in [4.78, 5) is 17.5. The van der Waals surface area contributed by atoms with Crippen molar-refractivity contribution in [2.75, 3.05) is 37.4 Å². The zero-order chi connectivity index (χ0) is 12.7. The first-order valence-corrected chi connectivity index (χ1v) is 5.21. The second kappa shape index (κ2) is 6.51. The molecule has 1 amide bonds. The van der Waals surface area contributed by atoms with E-state index in [0.29, 0.717) is 12.2 Å². The SMILES string of the molecule is C#CCNCC(=O)Nc1ccc(N(C)C)nc1. The number of nitrogens with zero attached hydrogens (tertiary/aromatic N) is 2. The highest BCUT2D eigenvalue weighted by Crippen LogP contribution is 2.11. The van der Waals surface area contributed by atoms with E-state index in [0.717, 1.165) is 5.82 Å². The summed E-state index contributed by atoms with van der Waals surface area (Å²) in [5, 5.41) is 5.52. The van der Waals surface area contributed by atoms with Crippen molar-refractivity contribution in [3.05, 3.63) is 18.3 Å². The molecule has 0 aromatic carbocycles. The monoisotopic (exact) mass is 232 g/mol. The lowest BCUT2D eigenvalue weighted by molar-refractivity contribution is -0.115. The van der Waals surface area contributed by atoms with Crippen LogP contribution in [0.5, 0.6) is 0 Å². The summed E-state index contributed by atoms with van der Waals surface area (Å²) in [7, 11) is 3.81. The van der Waals surface area contributed by atoms with Gasteiger partial charge in [-0.25, -0.2) is 4.98 Å². The van der Waals surface area contributed by atoms with Gasteiger partial charge in [-0.1, -0.05) is 5.92 Å². The highest BCUT2D eigenvalue weighted by Gasteiger charge is 2.02. The highest BCUT2D eigenvalue weighted by atomic mass is 16.1. The minimum absolute atomic E-state index is 0.139. The van der Waals surface area contributed by atoms with Crippen molar-refractivity contribution in [3.8, 4) is 12.3 Å². The number of hydrogen-bond acceptors (Lipinski definition) is 4. The molecule has 0 aliphatic carbocycles. The quantitative estimate of drug-likeness (QED) is 0.566. The van der Waals surface area contributed by atoms with Crippen molar-refractivity contribution in [3.63, 3.8) is 0 Å². The Bertz CT molecular complexity index is 406. The Morgan fingerprint density at radius 1 is 1.53 bits per heavy atom. The zero-order valence-corrected chi connectivity index (χ0v) is 10.0. The van der Waals surface area contributed by atoms with E-state index in [2.05, 4.69) is 21.5 Å². The Labute approximate surface area is 101 Å². The van der Waals surface area contributed by atoms with Gasteiger partial charge in [0.2, 0.25) is 5.91 Å². The number of pyridine rings is 1. The molecule has 0 aliphatic heterocycles. The largest absolute Gasteiger partial charge is 0.363 e. The van der Waals surface area contributed by atoms with Gasteiger partial charge >= 0.3 is 0 Å². The number of aromatic nitrogens is 1. The Balaban J connectivity index is 2.46. The van der Waals surface area contributed by atoms with Gasteiger partial charge in [-0.15, -0.1) is 6.42 Å². The lowest BCUT2D eigenvalue weighted by Crippen LogP contribution is -2.28. The number of hydrogen-bond donors (Lipinski definition) is 2. The van der Waals surface area contributed by atoms with Crippen LogP contribution in [0.25, 0.3) is 0 Å². The molecular weight excluding hydrogens is 216 g/mol. The van der Waals surface area contributed by atoms with Crippen molar-refractivity contribution in [1.29, 1.82) is 0 Å². The zero-order valence-electron chi connectivity index (χ0n) is 10.0. The molecule has 2 N–H and O–H groups in total. The minimum atomic E-state index is -0.139. The third kappa shape index (κ3) is 4.53. The average Bonchev–Trinajstić information content (AvgIpc) is 2.30. The molecule has 0 spiro atoms. The van der Waals surface area contributed by atoms with E-state index < -0.39 is 0 Å². The Kier molecular flexibility index (Phi) is 4.98. The second-order valence-electron chi connectivity index (χ2n) is 3.66. The summed E-state index contributed by atoms with van der Waals surface area (Å²) in [5.41, 5.74) is 0.670. The number of anilines is 2. The molecule has 1 aromatic rings. The topological polar surface area (TPSA) is 57.3 Å². The third-order valence-corrected chi connectivity index (χ3v) is 2.00. The Hall–Kier alpha value is -2.06. The number of terminal acetylenes is 1. The standard InChI is InChI=1S/C12H16N4O/c1-4-7-13-9-12(17)15-10-5-6-11(14-8-10)16(2)3/h1,5-6,8,13H,7,9H2,2-3H3,(H,15,17). The molecule has 5 nitrogen and oxygen atoms in total. The lowest BCUT2D eigenvalue weighted by atomic mass is 10.4. The van der Waals surface area contributed by atoms with Crippen LogP contribution in [-0.2, 0) is 4.79 Å². The van der Waals surface area contributed by atoms with Gasteiger partial charge in [-0.2, -0.15) is 0 Å². The summed E-state index contributed by atoms with van der Waals surface area (Å²) < 4.78 is 0. The number of carbonyl (C=O) groups is 1. The minimum Gasteiger partial charge on any atom is -0.363 e. The average molecular weight is 232 g/mol. The molecule has 1 heterocycles. The fourth-order valence-electron chi connectivity index (χ4n) is 1.18. The molecule has 1 aromatic heterocycles. The van der Waals surface area contributed by atoms with E-state index in [9.17, 15) is 4.79 Å². The van der Waals surface area contributed by atoms with E-state index in [-0.39, 0.29) is 12.5 Å². The van der Waals surface area contributed by atoms with E-state index in [4.69, 9.17) is 6.42 Å². The number of rotatable bonds is 5. The van der Waals surface area contributed by atoms with Gasteiger partial charge in [0, 0.05) is 14.1 Å². The normalized spacial score (nSPS) is 9.47. The summed E-state index contributed by atoms with van der Waals surface area (Å²) >= 11 is 0. The summed E-state index contributed by atoms with van der Waals surface area (Å²) in [6.45, 7) is 0.574. The second-order valence-corrected chi connectivity index (χ2v) is 3.66. The first kappa shape index (κ1) is 13.0. The molecule has 0 aliphatic rings. The molecule has 0 saturated carbocycles. The van der Waals surface area contributed by atoms with Crippen LogP contribution in [0.3, 0.4) is 0 Å². The first-order chi connectivity index (χ1) is 8.13. The summed E-state index contributed by atoms with van der Waals surface area (Å²) in [5.74, 6) is 3.10. The van der Waals surface area contributed by atoms with Crippen LogP contribution < -0.4 is 15.5 Å². The molecule has 0 saturated heterocycles. The van der Waals surface area contributed by atoms with Gasteiger partial charge in [0.15, 0.2) is 0 Å². The van der Waals surface area contributed by atoms with Gasteiger partial charge in [0.25, 0.3) is 0 Å². The number of carbonyl (C=O) groups excluding carboxylic acids is 1.